The lowest BCUT2D eigenvalue weighted by atomic mass is 9.98. The van der Waals surface area contributed by atoms with Gasteiger partial charge >= 0.3 is 12.1 Å². The molecule has 0 heterocycles. The maximum Gasteiger partial charge on any atom is 0.407 e. The molecule has 2 aromatic rings. The molecule has 0 bridgehead atoms. The van der Waals surface area contributed by atoms with Gasteiger partial charge in [0.05, 0.1) is 5.92 Å². The van der Waals surface area contributed by atoms with Gasteiger partial charge in [0.15, 0.2) is 0 Å². The van der Waals surface area contributed by atoms with E-state index in [4.69, 9.17) is 9.84 Å². The van der Waals surface area contributed by atoms with Crippen LogP contribution in [-0.4, -0.2) is 42.8 Å². The van der Waals surface area contributed by atoms with Gasteiger partial charge in [-0.3, -0.25) is 9.59 Å². The van der Waals surface area contributed by atoms with Crippen LogP contribution in [0.3, 0.4) is 0 Å². The van der Waals surface area contributed by atoms with Crippen molar-refractivity contribution in [3.05, 3.63) is 59.7 Å². The third-order valence-electron chi connectivity index (χ3n) is 6.62. The van der Waals surface area contributed by atoms with E-state index in [1.165, 1.54) is 11.1 Å². The molecule has 0 radical (unpaired) electrons. The number of carbonyl (C=O) groups excluding carboxylic acids is 2. The third-order valence-corrected chi connectivity index (χ3v) is 6.62. The number of fused-ring (bicyclic) bond motifs is 3. The van der Waals surface area contributed by atoms with Crippen molar-refractivity contribution in [1.29, 1.82) is 0 Å². The third kappa shape index (κ3) is 5.53. The highest BCUT2D eigenvalue weighted by Crippen LogP contribution is 2.44. The van der Waals surface area contributed by atoms with Gasteiger partial charge in [0.1, 0.15) is 6.61 Å². The number of hydrogen-bond acceptors (Lipinski definition) is 4. The molecule has 4 rings (SSSR count). The minimum Gasteiger partial charge on any atom is -0.481 e. The van der Waals surface area contributed by atoms with E-state index in [0.29, 0.717) is 12.5 Å². The van der Waals surface area contributed by atoms with Crippen LogP contribution in [0.15, 0.2) is 48.5 Å². The normalized spacial score (nSPS) is 16.3. The Bertz CT molecular complexity index is 987. The van der Waals surface area contributed by atoms with Crippen LogP contribution >= 0.6 is 0 Å². The predicted molar refractivity (Wildman–Crippen MR) is 124 cm³/mol. The first-order valence-corrected chi connectivity index (χ1v) is 11.5. The molecule has 3 N–H and O–H groups in total. The molecule has 0 spiro atoms. The second-order valence-electron chi connectivity index (χ2n) is 9.05. The molecule has 1 fully saturated rings. The summed E-state index contributed by atoms with van der Waals surface area (Å²) in [4.78, 5) is 35.6. The molecule has 0 aliphatic heterocycles. The van der Waals surface area contributed by atoms with Crippen LogP contribution in [0.4, 0.5) is 4.79 Å². The van der Waals surface area contributed by atoms with Crippen LogP contribution in [0.2, 0.25) is 0 Å². The molecule has 2 amide bonds. The highest BCUT2D eigenvalue weighted by molar-refractivity contribution is 5.79. The Morgan fingerprint density at radius 2 is 1.58 bits per heavy atom. The maximum atomic E-state index is 12.4. The van der Waals surface area contributed by atoms with Gasteiger partial charge in [-0.2, -0.15) is 0 Å². The predicted octanol–water partition coefficient (Wildman–Crippen LogP) is 3.78. The number of carboxylic acids is 1. The monoisotopic (exact) mass is 450 g/mol. The van der Waals surface area contributed by atoms with Gasteiger partial charge in [-0.1, -0.05) is 55.5 Å². The molecular formula is C26H30N2O5. The SMILES string of the molecule is CC(CNC(=O)CC(CNC(=O)OCC1c2ccccc2-c2ccccc21)C1CC1)C(=O)O. The van der Waals surface area contributed by atoms with Crippen molar-refractivity contribution in [1.82, 2.24) is 10.6 Å². The zero-order valence-electron chi connectivity index (χ0n) is 18.8. The maximum absolute atomic E-state index is 12.4. The fourth-order valence-electron chi connectivity index (χ4n) is 4.50. The summed E-state index contributed by atoms with van der Waals surface area (Å²) in [6.07, 6.45) is 1.86. The number of nitrogens with one attached hydrogen (secondary N) is 2. The zero-order valence-corrected chi connectivity index (χ0v) is 18.8. The van der Waals surface area contributed by atoms with Crippen LogP contribution in [0.5, 0.6) is 0 Å². The van der Waals surface area contributed by atoms with E-state index in [1.807, 2.05) is 24.3 Å². The van der Waals surface area contributed by atoms with Gasteiger partial charge in [0.2, 0.25) is 5.91 Å². The van der Waals surface area contributed by atoms with Crippen LogP contribution < -0.4 is 10.6 Å². The lowest BCUT2D eigenvalue weighted by molar-refractivity contribution is -0.141. The average molecular weight is 451 g/mol. The molecule has 2 aliphatic rings. The van der Waals surface area contributed by atoms with E-state index in [1.54, 1.807) is 6.92 Å². The van der Waals surface area contributed by atoms with Gasteiger partial charge in [0.25, 0.3) is 0 Å². The molecule has 0 aromatic heterocycles. The Kier molecular flexibility index (Phi) is 6.96. The van der Waals surface area contributed by atoms with E-state index in [-0.39, 0.29) is 37.3 Å². The van der Waals surface area contributed by atoms with Crippen LogP contribution in [-0.2, 0) is 14.3 Å². The zero-order chi connectivity index (χ0) is 23.4. The summed E-state index contributed by atoms with van der Waals surface area (Å²) in [5.41, 5.74) is 4.68. The molecule has 2 aromatic carbocycles. The van der Waals surface area contributed by atoms with Crippen LogP contribution in [0.1, 0.15) is 43.2 Å². The van der Waals surface area contributed by atoms with E-state index in [0.717, 1.165) is 24.0 Å². The Labute approximate surface area is 193 Å². The van der Waals surface area contributed by atoms with Crippen LogP contribution in [0.25, 0.3) is 11.1 Å². The summed E-state index contributed by atoms with van der Waals surface area (Å²) in [6, 6.07) is 16.4. The fourth-order valence-corrected chi connectivity index (χ4v) is 4.50. The average Bonchev–Trinajstić information content (AvgIpc) is 3.61. The smallest absolute Gasteiger partial charge is 0.407 e. The molecule has 2 unspecified atom stereocenters. The van der Waals surface area contributed by atoms with Gasteiger partial charge in [-0.15, -0.1) is 0 Å². The number of ether oxygens (including phenoxy) is 1. The second-order valence-corrected chi connectivity index (χ2v) is 9.05. The first-order chi connectivity index (χ1) is 15.9. The minimum atomic E-state index is -0.939. The van der Waals surface area contributed by atoms with E-state index >= 15 is 0 Å². The largest absolute Gasteiger partial charge is 0.481 e. The van der Waals surface area contributed by atoms with Gasteiger partial charge in [-0.05, 0) is 46.9 Å². The Hall–Kier alpha value is -3.35. The summed E-state index contributed by atoms with van der Waals surface area (Å²) in [5.74, 6) is -1.33. The van der Waals surface area contributed by atoms with Gasteiger partial charge in [-0.25, -0.2) is 4.79 Å². The van der Waals surface area contributed by atoms with Crippen molar-refractivity contribution < 1.29 is 24.2 Å². The van der Waals surface area contributed by atoms with Gasteiger partial charge < -0.3 is 20.5 Å². The van der Waals surface area contributed by atoms with Crippen molar-refractivity contribution in [2.45, 2.75) is 32.1 Å². The van der Waals surface area contributed by atoms with Gasteiger partial charge in [0, 0.05) is 25.4 Å². The molecule has 174 valence electrons. The summed E-state index contributed by atoms with van der Waals surface area (Å²) >= 11 is 0. The summed E-state index contributed by atoms with van der Waals surface area (Å²) in [5, 5.41) is 14.5. The number of benzene rings is 2. The number of carboxylic acid groups (broad SMARTS) is 1. The number of amides is 2. The number of aliphatic carboxylic acids is 1. The molecule has 7 heteroatoms. The Morgan fingerprint density at radius 3 is 2.15 bits per heavy atom. The highest BCUT2D eigenvalue weighted by Gasteiger charge is 2.33. The summed E-state index contributed by atoms with van der Waals surface area (Å²) in [6.45, 7) is 2.27. The minimum absolute atomic E-state index is 0.00406. The van der Waals surface area contributed by atoms with Crippen molar-refractivity contribution in [3.63, 3.8) is 0 Å². The van der Waals surface area contributed by atoms with E-state index in [2.05, 4.69) is 34.9 Å². The number of rotatable bonds is 10. The molecule has 7 nitrogen and oxygen atoms in total. The number of alkyl carbamates (subject to hydrolysis) is 1. The first kappa shape index (κ1) is 22.8. The van der Waals surface area contributed by atoms with E-state index in [9.17, 15) is 14.4 Å². The van der Waals surface area contributed by atoms with Crippen molar-refractivity contribution >= 4 is 18.0 Å². The quantitative estimate of drug-likeness (QED) is 0.511. The van der Waals surface area contributed by atoms with Crippen molar-refractivity contribution in [2.24, 2.45) is 17.8 Å². The molecule has 1 saturated carbocycles. The molecule has 0 saturated heterocycles. The molecule has 2 aliphatic carbocycles. The topological polar surface area (TPSA) is 105 Å². The lowest BCUT2D eigenvalue weighted by Crippen LogP contribution is -2.36. The fraction of sp³-hybridized carbons (Fsp3) is 0.423. The second kappa shape index (κ2) is 10.1. The van der Waals surface area contributed by atoms with E-state index < -0.39 is 18.0 Å². The summed E-state index contributed by atoms with van der Waals surface area (Å²) < 4.78 is 5.58. The van der Waals surface area contributed by atoms with Crippen molar-refractivity contribution in [3.8, 4) is 11.1 Å². The summed E-state index contributed by atoms with van der Waals surface area (Å²) in [7, 11) is 0. The molecule has 2 atom stereocenters. The highest BCUT2D eigenvalue weighted by atomic mass is 16.5. The number of carbonyl (C=O) groups is 3. The molecule has 33 heavy (non-hydrogen) atoms. The lowest BCUT2D eigenvalue weighted by Gasteiger charge is -2.18. The Morgan fingerprint density at radius 1 is 0.970 bits per heavy atom. The molecular weight excluding hydrogens is 420 g/mol. The van der Waals surface area contributed by atoms with Crippen molar-refractivity contribution in [2.75, 3.05) is 19.7 Å². The Balaban J connectivity index is 1.27. The van der Waals surface area contributed by atoms with Crippen LogP contribution in [0, 0.1) is 17.8 Å². The number of hydrogen-bond donors (Lipinski definition) is 3. The standard InChI is InChI=1S/C26H30N2O5/c1-16(25(30)31)13-27-24(29)12-18(17-10-11-17)14-28-26(32)33-15-23-21-8-4-2-6-19(21)20-7-3-5-9-22(20)23/h2-9,16-18,23H,10-15H2,1H3,(H,27,29)(H,28,32)(H,30,31). The first-order valence-electron chi connectivity index (χ1n) is 11.5.